The molecule has 0 aliphatic carbocycles. The fraction of sp³-hybridized carbons (Fsp3) is 0.647. The van der Waals surface area contributed by atoms with Crippen LogP contribution in [0.1, 0.15) is 47.1 Å². The van der Waals surface area contributed by atoms with Gasteiger partial charge >= 0.3 is 7.60 Å². The fourth-order valence-electron chi connectivity index (χ4n) is 2.12. The minimum absolute atomic E-state index is 0.231. The van der Waals surface area contributed by atoms with Crippen molar-refractivity contribution in [2.45, 2.75) is 71.0 Å². The van der Waals surface area contributed by atoms with Crippen LogP contribution in [0.5, 0.6) is 0 Å². The molecule has 0 aliphatic heterocycles. The molecule has 1 rings (SSSR count). The van der Waals surface area contributed by atoms with Crippen LogP contribution in [0.15, 0.2) is 30.3 Å². The lowest BCUT2D eigenvalue weighted by Gasteiger charge is -2.36. The second kappa shape index (κ2) is 8.64. The molecule has 0 fully saturated rings. The highest BCUT2D eigenvalue weighted by molar-refractivity contribution is 7.56. The molecule has 1 N–H and O–H groups in total. The van der Waals surface area contributed by atoms with Gasteiger partial charge in [-0.15, -0.1) is 11.6 Å². The Kier molecular flexibility index (Phi) is 7.76. The summed E-state index contributed by atoms with van der Waals surface area (Å²) in [6, 6.07) is 10.00. The van der Waals surface area contributed by atoms with Gasteiger partial charge in [-0.25, -0.2) is 0 Å². The van der Waals surface area contributed by atoms with E-state index in [9.17, 15) is 4.57 Å². The molecule has 132 valence electrons. The van der Waals surface area contributed by atoms with Gasteiger partial charge in [-0.3, -0.25) is 4.57 Å². The predicted molar refractivity (Wildman–Crippen MR) is 97.1 cm³/mol. The lowest BCUT2D eigenvalue weighted by molar-refractivity contribution is 0.135. The van der Waals surface area contributed by atoms with Gasteiger partial charge in [0.25, 0.3) is 0 Å². The molecule has 0 radical (unpaired) electrons. The van der Waals surface area contributed by atoms with Crippen molar-refractivity contribution >= 4 is 19.2 Å². The maximum absolute atomic E-state index is 13.2. The summed E-state index contributed by atoms with van der Waals surface area (Å²) in [6.45, 7) is 11.7. The van der Waals surface area contributed by atoms with Crippen LogP contribution in [0.3, 0.4) is 0 Å². The van der Waals surface area contributed by atoms with E-state index in [0.717, 1.165) is 5.56 Å². The highest BCUT2D eigenvalue weighted by Crippen LogP contribution is 2.59. The van der Waals surface area contributed by atoms with E-state index >= 15 is 0 Å². The summed E-state index contributed by atoms with van der Waals surface area (Å²) in [4.78, 5) is 0. The zero-order valence-corrected chi connectivity index (χ0v) is 16.5. The van der Waals surface area contributed by atoms with Crippen LogP contribution >= 0.6 is 19.2 Å². The fourth-order valence-corrected chi connectivity index (χ4v) is 4.80. The first-order valence-corrected chi connectivity index (χ1v) is 10.0. The van der Waals surface area contributed by atoms with Gasteiger partial charge in [-0.05, 0) is 47.1 Å². The smallest absolute Gasteiger partial charge is 0.306 e. The Morgan fingerprint density at radius 2 is 1.57 bits per heavy atom. The number of hydrogen-bond donors (Lipinski definition) is 1. The summed E-state index contributed by atoms with van der Waals surface area (Å²) in [7, 11) is -3.46. The van der Waals surface area contributed by atoms with Gasteiger partial charge in [-0.2, -0.15) is 0 Å². The van der Waals surface area contributed by atoms with Crippen LogP contribution in [0.2, 0.25) is 0 Å². The summed E-state index contributed by atoms with van der Waals surface area (Å²) >= 11 is 6.56. The first kappa shape index (κ1) is 20.7. The molecular formula is C17H29ClNO3P. The van der Waals surface area contributed by atoms with Crippen LogP contribution in [-0.2, 0) is 20.2 Å². The van der Waals surface area contributed by atoms with Crippen molar-refractivity contribution in [2.24, 2.45) is 0 Å². The van der Waals surface area contributed by atoms with Gasteiger partial charge in [0, 0.05) is 12.1 Å². The van der Waals surface area contributed by atoms with Gasteiger partial charge in [-0.1, -0.05) is 30.3 Å². The third kappa shape index (κ3) is 6.56. The first-order chi connectivity index (χ1) is 10.6. The summed E-state index contributed by atoms with van der Waals surface area (Å²) in [6.07, 6.45) is -0.462. The number of nitrogens with one attached hydrogen (secondary N) is 1. The van der Waals surface area contributed by atoms with Crippen molar-refractivity contribution in [3.8, 4) is 0 Å². The minimum atomic E-state index is -3.46. The van der Waals surface area contributed by atoms with Gasteiger partial charge in [0.1, 0.15) is 0 Å². The Hall–Kier alpha value is -0.380. The molecule has 6 heteroatoms. The second-order valence-electron chi connectivity index (χ2n) is 6.74. The molecule has 4 nitrogen and oxygen atoms in total. The summed E-state index contributed by atoms with van der Waals surface area (Å²) in [5.74, 6) is 0. The zero-order chi connectivity index (χ0) is 17.7. The molecule has 1 unspecified atom stereocenters. The molecule has 0 aromatic heterocycles. The van der Waals surface area contributed by atoms with Crippen molar-refractivity contribution < 1.29 is 13.6 Å². The zero-order valence-electron chi connectivity index (χ0n) is 14.9. The monoisotopic (exact) mass is 361 g/mol. The maximum Gasteiger partial charge on any atom is 0.350 e. The van der Waals surface area contributed by atoms with E-state index in [4.69, 9.17) is 20.6 Å². The normalized spacial score (nSPS) is 14.5. The molecule has 0 saturated heterocycles. The van der Waals surface area contributed by atoms with Crippen molar-refractivity contribution in [2.75, 3.05) is 0 Å². The maximum atomic E-state index is 13.2. The van der Waals surface area contributed by atoms with Crippen molar-refractivity contribution in [3.63, 3.8) is 0 Å². The average Bonchev–Trinajstić information content (AvgIpc) is 2.43. The van der Waals surface area contributed by atoms with E-state index in [1.54, 1.807) is 0 Å². The van der Waals surface area contributed by atoms with Crippen LogP contribution in [0.4, 0.5) is 0 Å². The Balaban J connectivity index is 2.87. The number of hydrogen-bond acceptors (Lipinski definition) is 4. The predicted octanol–water partition coefficient (Wildman–Crippen LogP) is 5.16. The quantitative estimate of drug-likeness (QED) is 0.487. The third-order valence-electron chi connectivity index (χ3n) is 3.18. The van der Waals surface area contributed by atoms with Crippen molar-refractivity contribution in [1.29, 1.82) is 0 Å². The number of benzene rings is 1. The highest BCUT2D eigenvalue weighted by atomic mass is 35.5. The minimum Gasteiger partial charge on any atom is -0.306 e. The molecule has 0 spiro atoms. The number of rotatable bonds is 9. The van der Waals surface area contributed by atoms with Crippen molar-refractivity contribution in [3.05, 3.63) is 35.9 Å². The van der Waals surface area contributed by atoms with E-state index in [2.05, 4.69) is 5.32 Å². The molecule has 1 atom stereocenters. The Bertz CT molecular complexity index is 506. The molecule has 0 aliphatic rings. The second-order valence-corrected chi connectivity index (χ2v) is 9.50. The van der Waals surface area contributed by atoms with Gasteiger partial charge in [0.2, 0.25) is 0 Å². The Morgan fingerprint density at radius 1 is 1.09 bits per heavy atom. The topological polar surface area (TPSA) is 47.6 Å². The van der Waals surface area contributed by atoms with Gasteiger partial charge in [0.05, 0.1) is 12.2 Å². The van der Waals surface area contributed by atoms with E-state index in [-0.39, 0.29) is 12.2 Å². The highest BCUT2D eigenvalue weighted by Gasteiger charge is 2.46. The van der Waals surface area contributed by atoms with E-state index in [1.807, 2.05) is 71.9 Å². The number of halogens is 1. The average molecular weight is 362 g/mol. The lowest BCUT2D eigenvalue weighted by atomic mass is 10.1. The van der Waals surface area contributed by atoms with E-state index < -0.39 is 18.3 Å². The largest absolute Gasteiger partial charge is 0.350 e. The summed E-state index contributed by atoms with van der Waals surface area (Å²) < 4.78 is 24.4. The molecule has 23 heavy (non-hydrogen) atoms. The van der Waals surface area contributed by atoms with E-state index in [1.165, 1.54) is 0 Å². The Labute approximate surface area is 145 Å². The molecular weight excluding hydrogens is 333 g/mol. The molecule has 0 amide bonds. The molecule has 0 saturated carbocycles. The molecule has 0 heterocycles. The molecule has 0 bridgehead atoms. The summed E-state index contributed by atoms with van der Waals surface area (Å²) in [5.41, 5.74) is 0.505. The molecule has 1 aromatic rings. The SMILES string of the molecule is CC(C)OP(=O)(OC(C)C)C(Cl)C(C)(C)NCc1ccccc1. The first-order valence-electron chi connectivity index (χ1n) is 7.96. The van der Waals surface area contributed by atoms with Gasteiger partial charge < -0.3 is 14.4 Å². The number of alkyl halides is 1. The van der Waals surface area contributed by atoms with Crippen LogP contribution in [0, 0.1) is 0 Å². The molecule has 1 aromatic carbocycles. The lowest BCUT2D eigenvalue weighted by Crippen LogP contribution is -2.47. The third-order valence-corrected chi connectivity index (χ3v) is 7.07. The van der Waals surface area contributed by atoms with Crippen LogP contribution in [0.25, 0.3) is 0 Å². The van der Waals surface area contributed by atoms with Gasteiger partial charge in [0.15, 0.2) is 5.12 Å². The van der Waals surface area contributed by atoms with E-state index in [0.29, 0.717) is 6.54 Å². The van der Waals surface area contributed by atoms with Crippen molar-refractivity contribution in [1.82, 2.24) is 5.32 Å². The van der Waals surface area contributed by atoms with Crippen LogP contribution < -0.4 is 5.32 Å². The summed E-state index contributed by atoms with van der Waals surface area (Å²) in [5, 5.41) is 2.56. The van der Waals surface area contributed by atoms with Crippen LogP contribution in [-0.4, -0.2) is 22.9 Å². The standard InChI is InChI=1S/C17H29ClNO3P/c1-13(2)21-23(20,22-14(3)4)16(18)17(5,6)19-12-15-10-8-7-9-11-15/h7-11,13-14,16,19H,12H2,1-6H3. The Morgan fingerprint density at radius 3 is 2.00 bits per heavy atom.